The zero-order chi connectivity index (χ0) is 18.7. The zero-order valence-electron chi connectivity index (χ0n) is 14.8. The summed E-state index contributed by atoms with van der Waals surface area (Å²) in [7, 11) is 1.62. The normalized spacial score (nSPS) is 14.4. The summed E-state index contributed by atoms with van der Waals surface area (Å²) < 4.78 is 21.5. The number of ether oxygens (including phenoxy) is 4. The molecule has 0 amide bonds. The molecule has 27 heavy (non-hydrogen) atoms. The summed E-state index contributed by atoms with van der Waals surface area (Å²) in [6.45, 7) is 2.12. The van der Waals surface area contributed by atoms with Crippen LogP contribution in [0.4, 0.5) is 0 Å². The minimum atomic E-state index is -0.441. The van der Waals surface area contributed by atoms with Gasteiger partial charge in [0.1, 0.15) is 18.1 Å². The number of aryl methyl sites for hydroxylation is 1. The van der Waals surface area contributed by atoms with Crippen LogP contribution in [0.2, 0.25) is 0 Å². The first-order valence-electron chi connectivity index (χ1n) is 8.51. The lowest BCUT2D eigenvalue weighted by Gasteiger charge is -2.15. The molecule has 0 fully saturated rings. The third kappa shape index (κ3) is 2.16. The van der Waals surface area contributed by atoms with Crippen LogP contribution in [0.15, 0.2) is 30.3 Å². The van der Waals surface area contributed by atoms with Crippen LogP contribution >= 0.6 is 0 Å². The van der Waals surface area contributed by atoms with E-state index < -0.39 is 5.97 Å². The summed E-state index contributed by atoms with van der Waals surface area (Å²) >= 11 is 0. The van der Waals surface area contributed by atoms with Crippen molar-refractivity contribution in [1.29, 1.82) is 0 Å². The zero-order valence-corrected chi connectivity index (χ0v) is 14.8. The molecule has 0 bridgehead atoms. The van der Waals surface area contributed by atoms with Crippen LogP contribution in [0.3, 0.4) is 0 Å². The van der Waals surface area contributed by atoms with Crippen LogP contribution in [0.5, 0.6) is 23.0 Å². The lowest BCUT2D eigenvalue weighted by molar-refractivity contribution is 0.0535. The Labute approximate surface area is 154 Å². The first kappa shape index (κ1) is 15.8. The van der Waals surface area contributed by atoms with E-state index in [0.29, 0.717) is 39.0 Å². The van der Waals surface area contributed by atoms with E-state index >= 15 is 0 Å². The van der Waals surface area contributed by atoms with Crippen LogP contribution in [-0.4, -0.2) is 25.0 Å². The molecular weight excluding hydrogens is 348 g/mol. The van der Waals surface area contributed by atoms with E-state index in [1.807, 2.05) is 25.1 Å². The van der Waals surface area contributed by atoms with Gasteiger partial charge in [-0.2, -0.15) is 0 Å². The first-order chi connectivity index (χ1) is 13.1. The average molecular weight is 364 g/mol. The van der Waals surface area contributed by atoms with Gasteiger partial charge in [-0.15, -0.1) is 0 Å². The SMILES string of the molecule is COc1ccc(-c2c3c(c(O)c4cc5c(cc24)OCO5)COC3=O)cc1C. The molecule has 0 spiro atoms. The van der Waals surface area contributed by atoms with Gasteiger partial charge >= 0.3 is 5.97 Å². The van der Waals surface area contributed by atoms with Gasteiger partial charge in [0.2, 0.25) is 6.79 Å². The van der Waals surface area contributed by atoms with E-state index in [0.717, 1.165) is 16.9 Å². The maximum absolute atomic E-state index is 12.5. The maximum atomic E-state index is 12.5. The van der Waals surface area contributed by atoms with Gasteiger partial charge in [-0.05, 0) is 47.7 Å². The molecule has 0 unspecified atom stereocenters. The second-order valence-electron chi connectivity index (χ2n) is 6.59. The molecule has 0 saturated heterocycles. The highest BCUT2D eigenvalue weighted by molar-refractivity contribution is 6.13. The van der Waals surface area contributed by atoms with Crippen LogP contribution in [0, 0.1) is 6.92 Å². The summed E-state index contributed by atoms with van der Waals surface area (Å²) in [6.07, 6.45) is 0. The molecule has 3 aromatic carbocycles. The summed E-state index contributed by atoms with van der Waals surface area (Å²) in [5, 5.41) is 12.1. The van der Waals surface area contributed by atoms with E-state index in [2.05, 4.69) is 0 Å². The van der Waals surface area contributed by atoms with Crippen molar-refractivity contribution in [3.05, 3.63) is 47.0 Å². The van der Waals surface area contributed by atoms with Gasteiger partial charge in [-0.3, -0.25) is 0 Å². The number of hydrogen-bond acceptors (Lipinski definition) is 6. The molecule has 3 aromatic rings. The minimum absolute atomic E-state index is 0.0399. The predicted molar refractivity (Wildman–Crippen MR) is 97.6 cm³/mol. The second kappa shape index (κ2) is 5.54. The topological polar surface area (TPSA) is 74.2 Å². The van der Waals surface area contributed by atoms with Crippen molar-refractivity contribution in [3.8, 4) is 34.1 Å². The van der Waals surface area contributed by atoms with Crippen molar-refractivity contribution < 1.29 is 28.8 Å². The molecule has 2 heterocycles. The Morgan fingerprint density at radius 3 is 2.44 bits per heavy atom. The van der Waals surface area contributed by atoms with Gasteiger partial charge in [0.15, 0.2) is 11.5 Å². The van der Waals surface area contributed by atoms with E-state index in [4.69, 9.17) is 18.9 Å². The Kier molecular flexibility index (Phi) is 3.25. The molecule has 5 rings (SSSR count). The van der Waals surface area contributed by atoms with Gasteiger partial charge in [-0.1, -0.05) is 6.07 Å². The molecule has 2 aliphatic rings. The fourth-order valence-corrected chi connectivity index (χ4v) is 3.82. The van der Waals surface area contributed by atoms with E-state index in [-0.39, 0.29) is 19.1 Å². The number of carbonyl (C=O) groups is 1. The first-order valence-corrected chi connectivity index (χ1v) is 8.51. The van der Waals surface area contributed by atoms with Gasteiger partial charge in [0.05, 0.1) is 12.7 Å². The van der Waals surface area contributed by atoms with Gasteiger partial charge in [0, 0.05) is 16.5 Å². The molecule has 2 aliphatic heterocycles. The average Bonchev–Trinajstić information content (AvgIpc) is 3.28. The van der Waals surface area contributed by atoms with Crippen molar-refractivity contribution in [2.75, 3.05) is 13.9 Å². The molecule has 0 aromatic heterocycles. The smallest absolute Gasteiger partial charge is 0.339 e. The minimum Gasteiger partial charge on any atom is -0.507 e. The Morgan fingerprint density at radius 1 is 1.00 bits per heavy atom. The summed E-state index contributed by atoms with van der Waals surface area (Å²) in [5.74, 6) is 1.51. The second-order valence-corrected chi connectivity index (χ2v) is 6.59. The number of aromatic hydroxyl groups is 1. The van der Waals surface area contributed by atoms with Crippen LogP contribution in [0.25, 0.3) is 21.9 Å². The monoisotopic (exact) mass is 364 g/mol. The molecule has 6 nitrogen and oxygen atoms in total. The number of hydrogen-bond donors (Lipinski definition) is 1. The van der Waals surface area contributed by atoms with Gasteiger partial charge in [-0.25, -0.2) is 4.79 Å². The number of methoxy groups -OCH3 is 1. The summed E-state index contributed by atoms with van der Waals surface area (Å²) in [5.41, 5.74) is 3.38. The fourth-order valence-electron chi connectivity index (χ4n) is 3.82. The third-order valence-corrected chi connectivity index (χ3v) is 5.11. The standard InChI is InChI=1S/C21H16O6/c1-10-5-11(3-4-15(10)24-2)18-12-6-16-17(27-9-26-16)7-13(12)20(22)14-8-25-21(23)19(14)18/h3-7,22H,8-9H2,1-2H3. The molecule has 0 atom stereocenters. The lowest BCUT2D eigenvalue weighted by Crippen LogP contribution is -2.00. The highest BCUT2D eigenvalue weighted by Crippen LogP contribution is 2.48. The third-order valence-electron chi connectivity index (χ3n) is 5.11. The number of fused-ring (bicyclic) bond motifs is 3. The molecule has 136 valence electrons. The maximum Gasteiger partial charge on any atom is 0.339 e. The molecule has 1 N–H and O–H groups in total. The lowest BCUT2D eigenvalue weighted by atomic mass is 9.89. The highest BCUT2D eigenvalue weighted by atomic mass is 16.7. The number of rotatable bonds is 2. The Morgan fingerprint density at radius 2 is 1.74 bits per heavy atom. The predicted octanol–water partition coefficient (Wildman–Crippen LogP) is 3.93. The van der Waals surface area contributed by atoms with Crippen molar-refractivity contribution in [1.82, 2.24) is 0 Å². The quantitative estimate of drug-likeness (QED) is 0.695. The molecule has 6 heteroatoms. The summed E-state index contributed by atoms with van der Waals surface area (Å²) in [6, 6.07) is 9.27. The number of phenolic OH excluding ortho intramolecular Hbond substituents is 1. The Balaban J connectivity index is 1.90. The number of carbonyl (C=O) groups excluding carboxylic acids is 1. The molecular formula is C21H16O6. The van der Waals surface area contributed by atoms with Crippen molar-refractivity contribution in [2.24, 2.45) is 0 Å². The molecule has 0 radical (unpaired) electrons. The largest absolute Gasteiger partial charge is 0.507 e. The van der Waals surface area contributed by atoms with Gasteiger partial charge < -0.3 is 24.1 Å². The van der Waals surface area contributed by atoms with Crippen LogP contribution in [0.1, 0.15) is 21.5 Å². The molecule has 0 saturated carbocycles. The van der Waals surface area contributed by atoms with Crippen LogP contribution < -0.4 is 14.2 Å². The fraction of sp³-hybridized carbons (Fsp3) is 0.190. The van der Waals surface area contributed by atoms with E-state index in [1.165, 1.54) is 0 Å². The number of benzene rings is 3. The van der Waals surface area contributed by atoms with E-state index in [1.54, 1.807) is 19.2 Å². The van der Waals surface area contributed by atoms with Crippen molar-refractivity contribution in [3.63, 3.8) is 0 Å². The number of phenols is 1. The summed E-state index contributed by atoms with van der Waals surface area (Å²) in [4.78, 5) is 12.5. The van der Waals surface area contributed by atoms with E-state index in [9.17, 15) is 9.90 Å². The van der Waals surface area contributed by atoms with Crippen molar-refractivity contribution in [2.45, 2.75) is 13.5 Å². The van der Waals surface area contributed by atoms with Crippen molar-refractivity contribution >= 4 is 16.7 Å². The number of cyclic esters (lactones) is 1. The number of esters is 1. The Hall–Kier alpha value is -3.41. The molecule has 0 aliphatic carbocycles. The van der Waals surface area contributed by atoms with Gasteiger partial charge in [0.25, 0.3) is 0 Å². The highest BCUT2D eigenvalue weighted by Gasteiger charge is 2.32. The Bertz CT molecular complexity index is 1130. The van der Waals surface area contributed by atoms with Crippen LogP contribution in [-0.2, 0) is 11.3 Å².